The molecule has 1 N–H and O–H groups in total. The highest BCUT2D eigenvalue weighted by Gasteiger charge is 2.71. The lowest BCUT2D eigenvalue weighted by molar-refractivity contribution is -0.376. The van der Waals surface area contributed by atoms with E-state index in [9.17, 15) is 43.6 Å². The quantitative estimate of drug-likeness (QED) is 0.446. The van der Waals surface area contributed by atoms with Crippen LogP contribution in [0, 0.1) is 5.39 Å². The maximum absolute atomic E-state index is 12.4. The van der Waals surface area contributed by atoms with Crippen LogP contribution in [0.5, 0.6) is 0 Å². The zero-order chi connectivity index (χ0) is 18.7. The zero-order valence-electron chi connectivity index (χ0n) is 10.5. The van der Waals surface area contributed by atoms with E-state index in [1.54, 1.807) is 0 Å². The molecule has 1 aromatic rings. The van der Waals surface area contributed by atoms with Crippen molar-refractivity contribution in [2.45, 2.75) is 18.0 Å². The number of rotatable bonds is 1. The molecule has 0 aliphatic carbocycles. The summed E-state index contributed by atoms with van der Waals surface area (Å²) < 4.78 is 114. The molecule has 0 fully saturated rings. The Morgan fingerprint density at radius 1 is 0.826 bits per heavy atom. The Bertz CT molecular complexity index is 536. The van der Waals surface area contributed by atoms with Gasteiger partial charge in [-0.25, -0.2) is 0 Å². The highest BCUT2D eigenvalue weighted by molar-refractivity contribution is 6.50. The minimum Gasteiger partial charge on any atom is -0.418 e. The van der Waals surface area contributed by atoms with Gasteiger partial charge >= 0.3 is 25.3 Å². The molecule has 0 radical (unpaired) electrons. The molecule has 0 aliphatic heterocycles. The molecule has 0 atom stereocenters. The summed E-state index contributed by atoms with van der Waals surface area (Å²) in [6.07, 6.45) is -11.9. The topological polar surface area (TPSA) is 48.4 Å². The van der Waals surface area contributed by atoms with Crippen molar-refractivity contribution in [2.75, 3.05) is 0 Å². The van der Waals surface area contributed by atoms with Gasteiger partial charge in [-0.05, 0) is 12.1 Å². The molecule has 0 saturated carbocycles. The highest BCUT2D eigenvalue weighted by Crippen LogP contribution is 2.50. The minimum atomic E-state index is -6.00. The molecule has 1 aromatic carbocycles. The number of diazo groups is 1. The third-order valence-electron chi connectivity index (χ3n) is 2.22. The fourth-order valence-corrected chi connectivity index (χ4v) is 1.26. The van der Waals surface area contributed by atoms with Gasteiger partial charge in [-0.2, -0.15) is 26.3 Å². The number of hydrogen-bond donors (Lipinski definition) is 1. The van der Waals surface area contributed by atoms with Crippen LogP contribution in [-0.2, 0) is 5.60 Å². The summed E-state index contributed by atoms with van der Waals surface area (Å²) in [4.78, 5) is 2.57. The van der Waals surface area contributed by atoms with Gasteiger partial charge < -0.3 is 22.4 Å². The van der Waals surface area contributed by atoms with Crippen LogP contribution < -0.4 is 0 Å². The van der Waals surface area contributed by atoms with Crippen molar-refractivity contribution in [1.82, 2.24) is 0 Å². The van der Waals surface area contributed by atoms with Crippen molar-refractivity contribution < 1.29 is 48.7 Å². The summed E-state index contributed by atoms with van der Waals surface area (Å²) in [6, 6.07) is 2.18. The van der Waals surface area contributed by atoms with Gasteiger partial charge in [0.2, 0.25) is 5.39 Å². The summed E-state index contributed by atoms with van der Waals surface area (Å²) in [7, 11) is -6.00. The molecule has 0 unspecified atom stereocenters. The molecule has 0 aliphatic rings. The van der Waals surface area contributed by atoms with E-state index in [1.807, 2.05) is 0 Å². The lowest BCUT2D eigenvalue weighted by Crippen LogP contribution is -2.53. The Morgan fingerprint density at radius 3 is 1.35 bits per heavy atom. The van der Waals surface area contributed by atoms with Crippen molar-refractivity contribution >= 4 is 12.9 Å². The van der Waals surface area contributed by atoms with Gasteiger partial charge in [0.25, 0.3) is 5.60 Å². The Labute approximate surface area is 121 Å². The van der Waals surface area contributed by atoms with E-state index in [1.165, 1.54) is 0 Å². The van der Waals surface area contributed by atoms with Gasteiger partial charge in [-0.3, -0.25) is 0 Å². The molecule has 14 heteroatoms. The van der Waals surface area contributed by atoms with E-state index in [0.29, 0.717) is 24.3 Å². The normalized spacial score (nSPS) is 13.0. The molecule has 0 spiro atoms. The second kappa shape index (κ2) is 6.61. The van der Waals surface area contributed by atoms with Crippen LogP contribution in [0.2, 0.25) is 0 Å². The van der Waals surface area contributed by atoms with Crippen LogP contribution in [-0.4, -0.2) is 24.7 Å². The SMILES string of the molecule is F[B-](F)(F)F.N#[N+]c1ccc(C(O)(C(F)(F)F)C(F)(F)F)cc1. The fraction of sp³-hybridized carbons (Fsp3) is 0.333. The summed E-state index contributed by atoms with van der Waals surface area (Å²) in [5, 5.41) is 17.2. The summed E-state index contributed by atoms with van der Waals surface area (Å²) >= 11 is 0. The van der Waals surface area contributed by atoms with Gasteiger partial charge in [-0.1, -0.05) is 0 Å². The summed E-state index contributed by atoms with van der Waals surface area (Å²) in [5.41, 5.74) is -6.62. The van der Waals surface area contributed by atoms with E-state index >= 15 is 0 Å². The molecule has 0 bridgehead atoms. The predicted molar refractivity (Wildman–Crippen MR) is 57.4 cm³/mol. The first-order valence-electron chi connectivity index (χ1n) is 5.23. The average Bonchev–Trinajstić information content (AvgIpc) is 2.33. The van der Waals surface area contributed by atoms with Crippen molar-refractivity contribution in [2.24, 2.45) is 0 Å². The van der Waals surface area contributed by atoms with Gasteiger partial charge in [0.05, 0.1) is 0 Å². The van der Waals surface area contributed by atoms with Crippen LogP contribution in [0.25, 0.3) is 4.98 Å². The van der Waals surface area contributed by atoms with E-state index < -0.39 is 30.8 Å². The smallest absolute Gasteiger partial charge is 0.418 e. The third kappa shape index (κ3) is 5.59. The number of hydrogen-bond acceptors (Lipinski definition) is 2. The van der Waals surface area contributed by atoms with Gasteiger partial charge in [-0.15, -0.1) is 0 Å². The fourth-order valence-electron chi connectivity index (χ4n) is 1.26. The van der Waals surface area contributed by atoms with Crippen LogP contribution in [0.15, 0.2) is 24.3 Å². The van der Waals surface area contributed by atoms with Gasteiger partial charge in [0.1, 0.15) is 0 Å². The highest BCUT2D eigenvalue weighted by atomic mass is 19.5. The maximum Gasteiger partial charge on any atom is 0.673 e. The number of nitrogens with zero attached hydrogens (tertiary/aromatic N) is 2. The predicted octanol–water partition coefficient (Wildman–Crippen LogP) is 4.78. The van der Waals surface area contributed by atoms with Crippen LogP contribution in [0.1, 0.15) is 5.56 Å². The van der Waals surface area contributed by atoms with Crippen molar-refractivity contribution in [3.05, 3.63) is 34.8 Å². The molecule has 0 amide bonds. The molecule has 0 aromatic heterocycles. The van der Waals surface area contributed by atoms with Crippen molar-refractivity contribution in [1.29, 1.82) is 5.39 Å². The molecule has 3 nitrogen and oxygen atoms in total. The first-order valence-corrected chi connectivity index (χ1v) is 5.23. The monoisotopic (exact) mass is 358 g/mol. The van der Waals surface area contributed by atoms with E-state index in [-0.39, 0.29) is 5.69 Å². The average molecular weight is 358 g/mol. The number of benzene rings is 1. The Balaban J connectivity index is 0.000000841. The minimum absolute atomic E-state index is 0.245. The van der Waals surface area contributed by atoms with Crippen LogP contribution in [0.4, 0.5) is 49.3 Å². The standard InChI is InChI=1S/C9H5F6N2O.BF4/c10-8(11,12)7(18,9(13,14)15)5-1-3-6(17-16)4-2-5;2-1(3,4)5/h1-4,18H;/q+1;-1. The number of aliphatic hydroxyl groups is 1. The molecule has 1 rings (SSSR count). The Hall–Kier alpha value is -2.04. The zero-order valence-corrected chi connectivity index (χ0v) is 10.5. The molecule has 23 heavy (non-hydrogen) atoms. The number of alkyl halides is 6. The first-order chi connectivity index (χ1) is 10.0. The second-order valence-corrected chi connectivity index (χ2v) is 3.85. The van der Waals surface area contributed by atoms with Crippen molar-refractivity contribution in [3.8, 4) is 0 Å². The van der Waals surface area contributed by atoms with Crippen molar-refractivity contribution in [3.63, 3.8) is 0 Å². The second-order valence-electron chi connectivity index (χ2n) is 3.85. The number of halogens is 10. The molecular formula is C9H5BF10N2O. The van der Waals surface area contributed by atoms with Crippen LogP contribution >= 0.6 is 0 Å². The Kier molecular flexibility index (Phi) is 6.02. The molecule has 0 saturated heterocycles. The Morgan fingerprint density at radius 2 is 1.13 bits per heavy atom. The third-order valence-corrected chi connectivity index (χ3v) is 2.22. The van der Waals surface area contributed by atoms with E-state index in [4.69, 9.17) is 10.5 Å². The van der Waals surface area contributed by atoms with E-state index in [0.717, 1.165) is 0 Å². The summed E-state index contributed by atoms with van der Waals surface area (Å²) in [6.45, 7) is 0. The van der Waals surface area contributed by atoms with Crippen LogP contribution in [0.3, 0.4) is 0 Å². The van der Waals surface area contributed by atoms with Gasteiger partial charge in [0, 0.05) is 17.7 Å². The molecule has 0 heterocycles. The lowest BCUT2D eigenvalue weighted by Gasteiger charge is -2.32. The largest absolute Gasteiger partial charge is 0.673 e. The molecule has 130 valence electrons. The van der Waals surface area contributed by atoms with Gasteiger partial charge in [0.15, 0.2) is 4.98 Å². The van der Waals surface area contributed by atoms with E-state index in [2.05, 4.69) is 4.98 Å². The summed E-state index contributed by atoms with van der Waals surface area (Å²) in [5.74, 6) is 0. The lowest BCUT2D eigenvalue weighted by atomic mass is 9.92. The molecular weight excluding hydrogens is 353 g/mol. The first kappa shape index (κ1) is 21.0. The maximum atomic E-state index is 12.4.